The molecule has 0 aromatic rings. The van der Waals surface area contributed by atoms with E-state index in [0.29, 0.717) is 38.7 Å². The maximum atomic E-state index is 12.0. The average Bonchev–Trinajstić information content (AvgIpc) is 2.56. The molecule has 0 saturated heterocycles. The van der Waals surface area contributed by atoms with E-state index in [1.54, 1.807) is 13.8 Å². The lowest BCUT2D eigenvalue weighted by Crippen LogP contribution is -2.45. The van der Waals surface area contributed by atoms with Crippen LogP contribution >= 0.6 is 0 Å². The molecule has 0 aliphatic rings. The topological polar surface area (TPSA) is 80.3 Å². The zero-order valence-corrected chi connectivity index (χ0v) is 17.3. The van der Waals surface area contributed by atoms with E-state index in [4.69, 9.17) is 22.8 Å². The van der Waals surface area contributed by atoms with E-state index >= 15 is 0 Å². The molecular formula is C17H34O7Si. The normalized spacial score (nSPS) is 11.6. The highest BCUT2D eigenvalue weighted by molar-refractivity contribution is 6.60. The van der Waals surface area contributed by atoms with Crippen molar-refractivity contribution < 1.29 is 32.3 Å². The maximum absolute atomic E-state index is 12.0. The molecule has 0 fully saturated rings. The maximum Gasteiger partial charge on any atom is 0.500 e. The summed E-state index contributed by atoms with van der Waals surface area (Å²) >= 11 is 0. The van der Waals surface area contributed by atoms with Crippen LogP contribution in [0.3, 0.4) is 0 Å². The van der Waals surface area contributed by atoms with Gasteiger partial charge in [-0.2, -0.15) is 0 Å². The molecule has 25 heavy (non-hydrogen) atoms. The lowest BCUT2D eigenvalue weighted by atomic mass is 10.0. The second kappa shape index (κ2) is 14.2. The minimum absolute atomic E-state index is 0.240. The molecule has 0 aliphatic carbocycles. The van der Waals surface area contributed by atoms with Gasteiger partial charge in [-0.25, -0.2) is 0 Å². The molecule has 0 N–H and O–H groups in total. The SMILES string of the molecule is CCOC(=O)C(CCCC[Si](OCC)(OCC)OCC)C(=O)OCC. The molecule has 0 saturated carbocycles. The van der Waals surface area contributed by atoms with Crippen LogP contribution in [0.4, 0.5) is 0 Å². The van der Waals surface area contributed by atoms with Crippen LogP contribution in [0.5, 0.6) is 0 Å². The Morgan fingerprint density at radius 2 is 1.16 bits per heavy atom. The molecule has 0 atom stereocenters. The van der Waals surface area contributed by atoms with Gasteiger partial charge in [-0.3, -0.25) is 9.59 Å². The Morgan fingerprint density at radius 3 is 1.52 bits per heavy atom. The van der Waals surface area contributed by atoms with Crippen LogP contribution in [0.25, 0.3) is 0 Å². The minimum atomic E-state index is -2.68. The van der Waals surface area contributed by atoms with Gasteiger partial charge >= 0.3 is 20.7 Å². The van der Waals surface area contributed by atoms with E-state index in [1.807, 2.05) is 20.8 Å². The van der Waals surface area contributed by atoms with Crippen molar-refractivity contribution in [2.45, 2.75) is 59.9 Å². The van der Waals surface area contributed by atoms with E-state index in [0.717, 1.165) is 6.42 Å². The minimum Gasteiger partial charge on any atom is -0.465 e. The number of carbonyl (C=O) groups is 2. The van der Waals surface area contributed by atoms with Gasteiger partial charge in [0.1, 0.15) is 0 Å². The van der Waals surface area contributed by atoms with Crippen molar-refractivity contribution in [3.05, 3.63) is 0 Å². The number of rotatable bonds is 15. The Labute approximate surface area is 152 Å². The highest BCUT2D eigenvalue weighted by atomic mass is 28.4. The lowest BCUT2D eigenvalue weighted by Gasteiger charge is -2.28. The molecule has 0 rings (SSSR count). The van der Waals surface area contributed by atoms with E-state index in [2.05, 4.69) is 0 Å². The first-order valence-electron chi connectivity index (χ1n) is 9.25. The van der Waals surface area contributed by atoms with Crippen molar-refractivity contribution in [2.75, 3.05) is 33.0 Å². The number of ether oxygens (including phenoxy) is 2. The van der Waals surface area contributed by atoms with E-state index in [9.17, 15) is 9.59 Å². The van der Waals surface area contributed by atoms with Crippen molar-refractivity contribution in [1.82, 2.24) is 0 Å². The molecule has 0 aliphatic heterocycles. The molecule has 0 aromatic heterocycles. The van der Waals surface area contributed by atoms with E-state index in [-0.39, 0.29) is 13.2 Å². The number of unbranched alkanes of at least 4 members (excludes halogenated alkanes) is 1. The number of carbonyl (C=O) groups excluding carboxylic acids is 2. The van der Waals surface area contributed by atoms with E-state index < -0.39 is 26.7 Å². The summed E-state index contributed by atoms with van der Waals surface area (Å²) in [5.74, 6) is -1.92. The summed E-state index contributed by atoms with van der Waals surface area (Å²) in [5, 5.41) is 0. The quantitative estimate of drug-likeness (QED) is 0.188. The van der Waals surface area contributed by atoms with Gasteiger partial charge in [-0.15, -0.1) is 0 Å². The first-order valence-corrected chi connectivity index (χ1v) is 11.2. The molecule has 0 heterocycles. The largest absolute Gasteiger partial charge is 0.500 e. The van der Waals surface area contributed by atoms with Crippen LogP contribution in [0.1, 0.15) is 53.9 Å². The van der Waals surface area contributed by atoms with Crippen LogP contribution < -0.4 is 0 Å². The molecule has 0 spiro atoms. The Kier molecular flexibility index (Phi) is 13.7. The molecule has 0 radical (unpaired) electrons. The monoisotopic (exact) mass is 378 g/mol. The third-order valence-corrected chi connectivity index (χ3v) is 6.61. The van der Waals surface area contributed by atoms with Crippen molar-refractivity contribution in [1.29, 1.82) is 0 Å². The van der Waals surface area contributed by atoms with Crippen molar-refractivity contribution in [2.24, 2.45) is 5.92 Å². The van der Waals surface area contributed by atoms with Gasteiger partial charge in [-0.1, -0.05) is 6.42 Å². The van der Waals surface area contributed by atoms with Crippen LogP contribution in [0, 0.1) is 5.92 Å². The fourth-order valence-corrected chi connectivity index (χ4v) is 5.19. The van der Waals surface area contributed by atoms with Gasteiger partial charge in [-0.05, 0) is 47.5 Å². The van der Waals surface area contributed by atoms with Crippen molar-refractivity contribution in [3.63, 3.8) is 0 Å². The number of hydrogen-bond donors (Lipinski definition) is 0. The molecule has 0 bridgehead atoms. The summed E-state index contributed by atoms with van der Waals surface area (Å²) in [7, 11) is -2.68. The predicted molar refractivity (Wildman–Crippen MR) is 96.0 cm³/mol. The van der Waals surface area contributed by atoms with Gasteiger partial charge < -0.3 is 22.8 Å². The number of hydrogen-bond acceptors (Lipinski definition) is 7. The first-order chi connectivity index (χ1) is 12.0. The zero-order valence-electron chi connectivity index (χ0n) is 16.3. The summed E-state index contributed by atoms with van der Waals surface area (Å²) in [6.07, 6.45) is 1.78. The van der Waals surface area contributed by atoms with Gasteiger partial charge in [0, 0.05) is 25.9 Å². The van der Waals surface area contributed by atoms with Crippen molar-refractivity contribution in [3.8, 4) is 0 Å². The second-order valence-corrected chi connectivity index (χ2v) is 8.02. The highest BCUT2D eigenvalue weighted by Gasteiger charge is 2.40. The zero-order chi connectivity index (χ0) is 19.1. The predicted octanol–water partition coefficient (Wildman–Crippen LogP) is 2.95. The summed E-state index contributed by atoms with van der Waals surface area (Å²) in [6.45, 7) is 11.2. The second-order valence-electron chi connectivity index (χ2n) is 5.28. The van der Waals surface area contributed by atoms with Crippen LogP contribution in [0.15, 0.2) is 0 Å². The molecular weight excluding hydrogens is 344 g/mol. The third kappa shape index (κ3) is 9.34. The summed E-state index contributed by atoms with van der Waals surface area (Å²) in [5.41, 5.74) is 0. The van der Waals surface area contributed by atoms with Crippen molar-refractivity contribution >= 4 is 20.7 Å². The Hall–Kier alpha value is -0.963. The Morgan fingerprint density at radius 1 is 0.720 bits per heavy atom. The molecule has 0 unspecified atom stereocenters. The fourth-order valence-electron chi connectivity index (χ4n) is 2.51. The third-order valence-electron chi connectivity index (χ3n) is 3.46. The molecule has 0 amide bonds. The highest BCUT2D eigenvalue weighted by Crippen LogP contribution is 2.22. The Bertz CT molecular complexity index is 341. The smallest absolute Gasteiger partial charge is 0.465 e. The molecule has 148 valence electrons. The van der Waals surface area contributed by atoms with Crippen LogP contribution in [-0.4, -0.2) is 53.8 Å². The van der Waals surface area contributed by atoms with Gasteiger partial charge in [0.15, 0.2) is 5.92 Å². The standard InChI is InChI=1S/C17H34O7Si/c1-6-20-16(18)15(17(19)21-7-2)13-11-12-14-25(22-8-3,23-9-4)24-10-5/h15H,6-14H2,1-5H3. The van der Waals surface area contributed by atoms with Gasteiger partial charge in [0.25, 0.3) is 0 Å². The number of esters is 2. The molecule has 8 heteroatoms. The lowest BCUT2D eigenvalue weighted by molar-refractivity contribution is -0.161. The van der Waals surface area contributed by atoms with E-state index in [1.165, 1.54) is 0 Å². The molecule has 0 aromatic carbocycles. The first kappa shape index (κ1) is 24.0. The van der Waals surface area contributed by atoms with Crippen LogP contribution in [0.2, 0.25) is 6.04 Å². The van der Waals surface area contributed by atoms with Gasteiger partial charge in [0.05, 0.1) is 13.2 Å². The summed E-state index contributed by atoms with van der Waals surface area (Å²) < 4.78 is 27.4. The molecule has 7 nitrogen and oxygen atoms in total. The average molecular weight is 379 g/mol. The van der Waals surface area contributed by atoms with Crippen LogP contribution in [-0.2, 0) is 32.3 Å². The Balaban J connectivity index is 4.66. The summed E-state index contributed by atoms with van der Waals surface area (Å²) in [4.78, 5) is 23.9. The van der Waals surface area contributed by atoms with Gasteiger partial charge in [0.2, 0.25) is 0 Å². The fraction of sp³-hybridized carbons (Fsp3) is 0.882. The summed E-state index contributed by atoms with van der Waals surface area (Å²) in [6, 6.07) is 0.654.